The van der Waals surface area contributed by atoms with E-state index in [9.17, 15) is 9.59 Å². The molecule has 0 aromatic carbocycles. The molecule has 0 spiro atoms. The Bertz CT molecular complexity index is 500. The molecule has 2 heterocycles. The molecule has 1 aliphatic heterocycles. The summed E-state index contributed by atoms with van der Waals surface area (Å²) in [7, 11) is 0. The third-order valence-corrected chi connectivity index (χ3v) is 3.18. The van der Waals surface area contributed by atoms with Crippen molar-refractivity contribution < 1.29 is 24.2 Å². The normalized spacial score (nSPS) is 17.4. The number of ether oxygens (including phenoxy) is 2. The molecule has 8 heteroatoms. The molecule has 22 heavy (non-hydrogen) atoms. The zero-order valence-electron chi connectivity index (χ0n) is 12.2. The van der Waals surface area contributed by atoms with Gasteiger partial charge in [0.25, 0.3) is 5.91 Å². The van der Waals surface area contributed by atoms with Crippen LogP contribution in [-0.4, -0.2) is 59.4 Å². The number of carbonyl (C=O) groups is 2. The number of hydrogen-bond donors (Lipinski definition) is 2. The highest BCUT2D eigenvalue weighted by Gasteiger charge is 2.15. The molecule has 0 bridgehead atoms. The summed E-state index contributed by atoms with van der Waals surface area (Å²) in [6.07, 6.45) is 5.22. The Morgan fingerprint density at radius 2 is 2.14 bits per heavy atom. The zero-order chi connectivity index (χ0) is 15.8. The minimum atomic E-state index is -1.18. The monoisotopic (exact) mass is 309 g/mol. The Hall–Kier alpha value is -2.06. The Balaban J connectivity index is 1.59. The van der Waals surface area contributed by atoms with Crippen molar-refractivity contribution in [1.82, 2.24) is 15.3 Å². The quantitative estimate of drug-likeness (QED) is 0.672. The van der Waals surface area contributed by atoms with E-state index in [-0.39, 0.29) is 23.4 Å². The molecule has 1 unspecified atom stereocenters. The van der Waals surface area contributed by atoms with Gasteiger partial charge in [0.2, 0.25) is 0 Å². The molecule has 1 fully saturated rings. The van der Waals surface area contributed by atoms with Crippen molar-refractivity contribution in [2.24, 2.45) is 0 Å². The summed E-state index contributed by atoms with van der Waals surface area (Å²) in [5, 5.41) is 11.4. The fourth-order valence-electron chi connectivity index (χ4n) is 2.01. The molecule has 1 saturated heterocycles. The summed E-state index contributed by atoms with van der Waals surface area (Å²) < 4.78 is 10.9. The van der Waals surface area contributed by atoms with Gasteiger partial charge in [-0.05, 0) is 19.3 Å². The van der Waals surface area contributed by atoms with E-state index in [2.05, 4.69) is 15.3 Å². The van der Waals surface area contributed by atoms with Crippen LogP contribution in [0.4, 0.5) is 0 Å². The van der Waals surface area contributed by atoms with Gasteiger partial charge in [0.1, 0.15) is 5.69 Å². The van der Waals surface area contributed by atoms with E-state index in [0.717, 1.165) is 31.8 Å². The van der Waals surface area contributed by atoms with Crippen molar-refractivity contribution in [2.45, 2.75) is 25.4 Å². The number of carboxylic acids is 1. The number of nitrogens with one attached hydrogen (secondary N) is 1. The molecule has 0 radical (unpaired) electrons. The maximum absolute atomic E-state index is 11.7. The van der Waals surface area contributed by atoms with Gasteiger partial charge in [-0.15, -0.1) is 0 Å². The van der Waals surface area contributed by atoms with Gasteiger partial charge in [-0.3, -0.25) is 4.79 Å². The highest BCUT2D eigenvalue weighted by molar-refractivity contribution is 5.92. The second-order valence-corrected chi connectivity index (χ2v) is 4.91. The molecular formula is C14H19N3O5. The highest BCUT2D eigenvalue weighted by atomic mass is 16.5. The summed E-state index contributed by atoms with van der Waals surface area (Å²) in [4.78, 5) is 29.8. The fourth-order valence-corrected chi connectivity index (χ4v) is 2.01. The average Bonchev–Trinajstić information content (AvgIpc) is 3.04. The lowest BCUT2D eigenvalue weighted by atomic mass is 10.2. The second kappa shape index (κ2) is 8.40. The first-order chi connectivity index (χ1) is 10.7. The van der Waals surface area contributed by atoms with Crippen molar-refractivity contribution in [1.29, 1.82) is 0 Å². The summed E-state index contributed by atoms with van der Waals surface area (Å²) in [6.45, 7) is 2.40. The molecule has 0 saturated carbocycles. The standard InChI is InChI=1S/C14H19N3O5/c18-13(11-7-17-12(8-16-11)14(19)20)15-4-2-5-21-9-10-3-1-6-22-10/h7-8,10H,1-6,9H2,(H,15,18)(H,19,20). The van der Waals surface area contributed by atoms with E-state index in [0.29, 0.717) is 26.2 Å². The van der Waals surface area contributed by atoms with E-state index in [1.165, 1.54) is 0 Å². The minimum Gasteiger partial charge on any atom is -0.476 e. The van der Waals surface area contributed by atoms with Gasteiger partial charge in [-0.25, -0.2) is 14.8 Å². The molecule has 1 aromatic rings. The van der Waals surface area contributed by atoms with Crippen molar-refractivity contribution in [2.75, 3.05) is 26.4 Å². The molecule has 2 rings (SSSR count). The average molecular weight is 309 g/mol. The maximum atomic E-state index is 11.7. The predicted molar refractivity (Wildman–Crippen MR) is 75.7 cm³/mol. The van der Waals surface area contributed by atoms with Crippen LogP contribution in [0.25, 0.3) is 0 Å². The molecule has 8 nitrogen and oxygen atoms in total. The van der Waals surface area contributed by atoms with E-state index in [1.807, 2.05) is 0 Å². The fraction of sp³-hybridized carbons (Fsp3) is 0.571. The van der Waals surface area contributed by atoms with Gasteiger partial charge in [-0.2, -0.15) is 0 Å². The zero-order valence-corrected chi connectivity index (χ0v) is 12.2. The Morgan fingerprint density at radius 1 is 1.36 bits per heavy atom. The number of aromatic carboxylic acids is 1. The molecule has 1 aliphatic rings. The second-order valence-electron chi connectivity index (χ2n) is 4.91. The summed E-state index contributed by atoms with van der Waals surface area (Å²) in [5.41, 5.74) is -0.107. The number of aromatic nitrogens is 2. The number of carbonyl (C=O) groups excluding carboxylic acids is 1. The van der Waals surface area contributed by atoms with E-state index >= 15 is 0 Å². The highest BCUT2D eigenvalue weighted by Crippen LogP contribution is 2.11. The lowest BCUT2D eigenvalue weighted by Gasteiger charge is -2.10. The molecule has 1 amide bonds. The maximum Gasteiger partial charge on any atom is 0.356 e. The SMILES string of the molecule is O=C(O)c1cnc(C(=O)NCCCOCC2CCCO2)cn1. The number of hydrogen-bond acceptors (Lipinski definition) is 6. The van der Waals surface area contributed by atoms with Crippen LogP contribution in [0.15, 0.2) is 12.4 Å². The summed E-state index contributed by atoms with van der Waals surface area (Å²) in [5.74, 6) is -1.56. The first kappa shape index (κ1) is 16.3. The topological polar surface area (TPSA) is 111 Å². The molecule has 1 atom stereocenters. The van der Waals surface area contributed by atoms with Gasteiger partial charge in [-0.1, -0.05) is 0 Å². The Labute approximate surface area is 127 Å². The largest absolute Gasteiger partial charge is 0.476 e. The molecule has 120 valence electrons. The van der Waals surface area contributed by atoms with Crippen LogP contribution in [0, 0.1) is 0 Å². The van der Waals surface area contributed by atoms with E-state index in [1.54, 1.807) is 0 Å². The minimum absolute atomic E-state index is 0.0882. The van der Waals surface area contributed by atoms with Crippen molar-refractivity contribution in [3.63, 3.8) is 0 Å². The predicted octanol–water partition coefficient (Wildman–Crippen LogP) is 0.490. The van der Waals surface area contributed by atoms with Crippen LogP contribution in [-0.2, 0) is 9.47 Å². The van der Waals surface area contributed by atoms with Crippen molar-refractivity contribution in [3.8, 4) is 0 Å². The Kier molecular flexibility index (Phi) is 6.23. The summed E-state index contributed by atoms with van der Waals surface area (Å²) >= 11 is 0. The number of rotatable bonds is 8. The van der Waals surface area contributed by atoms with E-state index in [4.69, 9.17) is 14.6 Å². The van der Waals surface area contributed by atoms with Gasteiger partial charge < -0.3 is 19.9 Å². The third-order valence-electron chi connectivity index (χ3n) is 3.18. The smallest absolute Gasteiger partial charge is 0.356 e. The molecule has 0 aliphatic carbocycles. The number of amides is 1. The van der Waals surface area contributed by atoms with Crippen LogP contribution < -0.4 is 5.32 Å². The summed E-state index contributed by atoms with van der Waals surface area (Å²) in [6, 6.07) is 0. The van der Waals surface area contributed by atoms with Crippen molar-refractivity contribution in [3.05, 3.63) is 23.8 Å². The molecule has 1 aromatic heterocycles. The number of nitrogens with zero attached hydrogens (tertiary/aromatic N) is 2. The van der Waals surface area contributed by atoms with Gasteiger partial charge in [0, 0.05) is 19.8 Å². The van der Waals surface area contributed by atoms with Gasteiger partial charge in [0.05, 0.1) is 25.1 Å². The van der Waals surface area contributed by atoms with E-state index < -0.39 is 5.97 Å². The van der Waals surface area contributed by atoms with Crippen LogP contribution in [0.2, 0.25) is 0 Å². The number of carboxylic acid groups (broad SMARTS) is 1. The van der Waals surface area contributed by atoms with Gasteiger partial charge >= 0.3 is 5.97 Å². The molecular weight excluding hydrogens is 290 g/mol. The molecule has 2 N–H and O–H groups in total. The Morgan fingerprint density at radius 3 is 2.77 bits per heavy atom. The van der Waals surface area contributed by atoms with Gasteiger partial charge in [0.15, 0.2) is 5.69 Å². The van der Waals surface area contributed by atoms with Crippen LogP contribution in [0.5, 0.6) is 0 Å². The lowest BCUT2D eigenvalue weighted by molar-refractivity contribution is 0.0166. The van der Waals surface area contributed by atoms with Crippen molar-refractivity contribution >= 4 is 11.9 Å². The lowest BCUT2D eigenvalue weighted by Crippen LogP contribution is -2.27. The van der Waals surface area contributed by atoms with Crippen LogP contribution in [0.3, 0.4) is 0 Å². The van der Waals surface area contributed by atoms with Crippen LogP contribution in [0.1, 0.15) is 40.2 Å². The first-order valence-electron chi connectivity index (χ1n) is 7.19. The van der Waals surface area contributed by atoms with Crippen LogP contribution >= 0.6 is 0 Å². The first-order valence-corrected chi connectivity index (χ1v) is 7.19. The third kappa shape index (κ3) is 5.05.